The fourth-order valence-electron chi connectivity index (χ4n) is 3.38. The van der Waals surface area contributed by atoms with Crippen LogP contribution in [0.2, 0.25) is 0 Å². The molecule has 2 heterocycles. The molecule has 1 saturated heterocycles. The third-order valence-electron chi connectivity index (χ3n) is 4.71. The van der Waals surface area contributed by atoms with E-state index in [1.807, 2.05) is 0 Å². The maximum absolute atomic E-state index is 12.2. The lowest BCUT2D eigenvalue weighted by Gasteiger charge is -2.31. The molecule has 0 atom stereocenters. The number of esters is 1. The van der Waals surface area contributed by atoms with Crippen LogP contribution in [-0.4, -0.2) is 66.0 Å². The predicted octanol–water partition coefficient (Wildman–Crippen LogP) is 1.73. The van der Waals surface area contributed by atoms with Gasteiger partial charge in [-0.2, -0.15) is 0 Å². The Bertz CT molecular complexity index is 762. The van der Waals surface area contributed by atoms with Gasteiger partial charge in [-0.3, -0.25) is 9.59 Å². The van der Waals surface area contributed by atoms with Crippen molar-refractivity contribution in [1.82, 2.24) is 15.2 Å². The van der Waals surface area contributed by atoms with E-state index in [0.29, 0.717) is 49.4 Å². The summed E-state index contributed by atoms with van der Waals surface area (Å²) in [4.78, 5) is 52.1. The molecule has 9 heteroatoms. The summed E-state index contributed by atoms with van der Waals surface area (Å²) in [6.45, 7) is 7.46. The maximum Gasteiger partial charge on any atom is 0.409 e. The van der Waals surface area contributed by atoms with Crippen LogP contribution in [0.4, 0.5) is 4.79 Å². The SMILES string of the molecule is CCOC(=O)N1CCC(NC(=O)COC(=O)c2[nH]c(C)c(C(C)=O)c2C)CC1. The summed E-state index contributed by atoms with van der Waals surface area (Å²) in [7, 11) is 0. The van der Waals surface area contributed by atoms with Crippen molar-refractivity contribution in [3.63, 3.8) is 0 Å². The highest BCUT2D eigenvalue weighted by atomic mass is 16.6. The van der Waals surface area contributed by atoms with E-state index in [-0.39, 0.29) is 23.6 Å². The number of aromatic amines is 1. The molecular weight excluding hydrogens is 366 g/mol. The topological polar surface area (TPSA) is 118 Å². The summed E-state index contributed by atoms with van der Waals surface area (Å²) >= 11 is 0. The van der Waals surface area contributed by atoms with E-state index in [4.69, 9.17) is 9.47 Å². The van der Waals surface area contributed by atoms with Gasteiger partial charge in [0.2, 0.25) is 0 Å². The van der Waals surface area contributed by atoms with Gasteiger partial charge in [-0.15, -0.1) is 0 Å². The van der Waals surface area contributed by atoms with Crippen molar-refractivity contribution in [3.8, 4) is 0 Å². The second kappa shape index (κ2) is 9.38. The summed E-state index contributed by atoms with van der Waals surface area (Å²) in [5, 5.41) is 2.81. The second-order valence-corrected chi connectivity index (χ2v) is 6.79. The van der Waals surface area contributed by atoms with E-state index in [2.05, 4.69) is 10.3 Å². The van der Waals surface area contributed by atoms with Gasteiger partial charge in [-0.25, -0.2) is 9.59 Å². The molecule has 0 aromatic carbocycles. The molecule has 0 saturated carbocycles. The smallest absolute Gasteiger partial charge is 0.409 e. The molecular formula is C19H27N3O6. The molecule has 0 bridgehead atoms. The van der Waals surface area contributed by atoms with Crippen LogP contribution >= 0.6 is 0 Å². The summed E-state index contributed by atoms with van der Waals surface area (Å²) < 4.78 is 10.0. The lowest BCUT2D eigenvalue weighted by Crippen LogP contribution is -2.47. The molecule has 1 aromatic rings. The van der Waals surface area contributed by atoms with Crippen LogP contribution in [0.25, 0.3) is 0 Å². The molecule has 1 aliphatic rings. The molecule has 2 rings (SSSR count). The summed E-state index contributed by atoms with van der Waals surface area (Å²) in [6, 6.07) is -0.0873. The van der Waals surface area contributed by atoms with E-state index < -0.39 is 18.5 Å². The standard InChI is InChI=1S/C19H27N3O6/c1-5-27-19(26)22-8-6-14(7-9-22)21-15(24)10-28-18(25)17-11(2)16(13(4)23)12(3)20-17/h14,20H,5-10H2,1-4H3,(H,21,24). The normalized spacial score (nSPS) is 14.5. The van der Waals surface area contributed by atoms with E-state index in [0.717, 1.165) is 0 Å². The van der Waals surface area contributed by atoms with Gasteiger partial charge in [0.15, 0.2) is 12.4 Å². The van der Waals surface area contributed by atoms with E-state index in [1.165, 1.54) is 6.92 Å². The van der Waals surface area contributed by atoms with E-state index in [1.54, 1.807) is 25.7 Å². The van der Waals surface area contributed by atoms with Crippen molar-refractivity contribution in [2.45, 2.75) is 46.6 Å². The minimum Gasteiger partial charge on any atom is -0.451 e. The van der Waals surface area contributed by atoms with Crippen molar-refractivity contribution in [2.24, 2.45) is 0 Å². The maximum atomic E-state index is 12.2. The highest BCUT2D eigenvalue weighted by Gasteiger charge is 2.25. The number of nitrogens with zero attached hydrogens (tertiary/aromatic N) is 1. The molecule has 0 aliphatic carbocycles. The largest absolute Gasteiger partial charge is 0.451 e. The zero-order valence-electron chi connectivity index (χ0n) is 16.7. The Hall–Kier alpha value is -2.84. The molecule has 0 spiro atoms. The van der Waals surface area contributed by atoms with Gasteiger partial charge in [0.1, 0.15) is 5.69 Å². The number of hydrogen-bond donors (Lipinski definition) is 2. The van der Waals surface area contributed by atoms with E-state index >= 15 is 0 Å². The van der Waals surface area contributed by atoms with Crippen LogP contribution in [0.15, 0.2) is 0 Å². The summed E-state index contributed by atoms with van der Waals surface area (Å²) in [5.41, 5.74) is 1.75. The average Bonchev–Trinajstić information content (AvgIpc) is 2.95. The second-order valence-electron chi connectivity index (χ2n) is 6.79. The average molecular weight is 393 g/mol. The number of hydrogen-bond acceptors (Lipinski definition) is 6. The minimum atomic E-state index is -0.680. The zero-order valence-corrected chi connectivity index (χ0v) is 16.7. The molecule has 2 amide bonds. The first-order chi connectivity index (χ1) is 13.2. The van der Waals surface area contributed by atoms with Gasteiger partial charge in [-0.05, 0) is 46.1 Å². The number of amides is 2. The van der Waals surface area contributed by atoms with Crippen LogP contribution in [0.5, 0.6) is 0 Å². The van der Waals surface area contributed by atoms with Gasteiger partial charge < -0.3 is 24.7 Å². The predicted molar refractivity (Wildman–Crippen MR) is 100 cm³/mol. The Morgan fingerprint density at radius 2 is 1.79 bits per heavy atom. The third-order valence-corrected chi connectivity index (χ3v) is 4.71. The van der Waals surface area contributed by atoms with Gasteiger partial charge in [-0.1, -0.05) is 0 Å². The van der Waals surface area contributed by atoms with Crippen LogP contribution < -0.4 is 5.32 Å². The number of rotatable bonds is 6. The van der Waals surface area contributed by atoms with Gasteiger partial charge >= 0.3 is 12.1 Å². The number of nitrogens with one attached hydrogen (secondary N) is 2. The fourth-order valence-corrected chi connectivity index (χ4v) is 3.38. The van der Waals surface area contributed by atoms with Crippen LogP contribution in [0.1, 0.15) is 58.8 Å². The van der Waals surface area contributed by atoms with Crippen molar-refractivity contribution in [1.29, 1.82) is 0 Å². The molecule has 2 N–H and O–H groups in total. The van der Waals surface area contributed by atoms with Gasteiger partial charge in [0.25, 0.3) is 5.91 Å². The summed E-state index contributed by atoms with van der Waals surface area (Å²) in [5.74, 6) is -1.23. The number of likely N-dealkylation sites (tertiary alicyclic amines) is 1. The molecule has 1 aliphatic heterocycles. The van der Waals surface area contributed by atoms with Crippen molar-refractivity contribution in [2.75, 3.05) is 26.3 Å². The third kappa shape index (κ3) is 5.11. The Morgan fingerprint density at radius 1 is 1.14 bits per heavy atom. The number of piperidine rings is 1. The lowest BCUT2D eigenvalue weighted by atomic mass is 10.1. The zero-order chi connectivity index (χ0) is 20.8. The number of carbonyl (C=O) groups is 4. The molecule has 28 heavy (non-hydrogen) atoms. The first-order valence-corrected chi connectivity index (χ1v) is 9.32. The van der Waals surface area contributed by atoms with Gasteiger partial charge in [0.05, 0.1) is 6.61 Å². The Labute approximate surface area is 163 Å². The Morgan fingerprint density at radius 3 is 2.32 bits per heavy atom. The number of ether oxygens (including phenoxy) is 2. The van der Waals surface area contributed by atoms with Crippen LogP contribution in [0, 0.1) is 13.8 Å². The fraction of sp³-hybridized carbons (Fsp3) is 0.579. The van der Waals surface area contributed by atoms with Crippen molar-refractivity contribution >= 4 is 23.8 Å². The Balaban J connectivity index is 1.80. The number of H-pyrrole nitrogens is 1. The molecule has 1 aromatic heterocycles. The molecule has 1 fully saturated rings. The number of aromatic nitrogens is 1. The quantitative estimate of drug-likeness (QED) is 0.561. The number of aryl methyl sites for hydroxylation is 1. The highest BCUT2D eigenvalue weighted by Crippen LogP contribution is 2.19. The monoisotopic (exact) mass is 393 g/mol. The minimum absolute atomic E-state index is 0.0873. The highest BCUT2D eigenvalue weighted by molar-refractivity contribution is 6.01. The molecule has 0 radical (unpaired) electrons. The number of Topliss-reactive ketones (excluding diaryl/α,β-unsaturated/α-hetero) is 1. The molecule has 9 nitrogen and oxygen atoms in total. The van der Waals surface area contributed by atoms with E-state index in [9.17, 15) is 19.2 Å². The first-order valence-electron chi connectivity index (χ1n) is 9.32. The van der Waals surface area contributed by atoms with Crippen molar-refractivity contribution in [3.05, 3.63) is 22.5 Å². The summed E-state index contributed by atoms with van der Waals surface area (Å²) in [6.07, 6.45) is 0.868. The lowest BCUT2D eigenvalue weighted by molar-refractivity contribution is -0.125. The molecule has 0 unspecified atom stereocenters. The number of carbonyl (C=O) groups excluding carboxylic acids is 4. The number of ketones is 1. The van der Waals surface area contributed by atoms with Crippen LogP contribution in [-0.2, 0) is 14.3 Å². The Kier molecular flexibility index (Phi) is 7.19. The first kappa shape index (κ1) is 21.5. The molecule has 154 valence electrons. The van der Waals surface area contributed by atoms with Crippen molar-refractivity contribution < 1.29 is 28.7 Å². The van der Waals surface area contributed by atoms with Crippen LogP contribution in [0.3, 0.4) is 0 Å². The van der Waals surface area contributed by atoms with Gasteiger partial charge in [0, 0.05) is 30.4 Å².